The van der Waals surface area contributed by atoms with Gasteiger partial charge in [0.2, 0.25) is 0 Å². The van der Waals surface area contributed by atoms with Crippen LogP contribution in [0.5, 0.6) is 0 Å². The van der Waals surface area contributed by atoms with Crippen molar-refractivity contribution in [2.45, 2.75) is 18.4 Å². The second-order valence-electron chi connectivity index (χ2n) is 2.25. The number of nitrogens with two attached hydrogens (primary N) is 1. The smallest absolute Gasteiger partial charge is 0.321 e. The lowest BCUT2D eigenvalue weighted by Crippen LogP contribution is -2.38. The third-order valence-corrected chi connectivity index (χ3v) is 2.36. The summed E-state index contributed by atoms with van der Waals surface area (Å²) in [7, 11) is 0. The molecule has 0 aromatic rings. The van der Waals surface area contributed by atoms with Crippen LogP contribution in [0.3, 0.4) is 0 Å². The Morgan fingerprint density at radius 1 is 1.73 bits per heavy atom. The van der Waals surface area contributed by atoms with Crippen LogP contribution in [0.4, 0.5) is 0 Å². The Bertz CT molecular complexity index is 131. The Kier molecular flexibility index (Phi) is 3.48. The summed E-state index contributed by atoms with van der Waals surface area (Å²) in [5.41, 5.74) is 5.67. The molecular weight excluding hydrogens is 186 g/mol. The maximum atomic E-state index is 5.67. The molecule has 0 amide bonds. The standard InChI is InChI=1S/C5H11NO3S2/c1-11-3-2-4(6)5(9-10)7-8-5/h4,10H,2-3,6H2,1H3/t4-/m0/s1. The molecule has 1 aliphatic heterocycles. The molecule has 0 aromatic heterocycles. The Balaban J connectivity index is 2.23. The van der Waals surface area contributed by atoms with Gasteiger partial charge < -0.3 is 5.73 Å². The highest BCUT2D eigenvalue weighted by Crippen LogP contribution is 2.36. The highest BCUT2D eigenvalue weighted by atomic mass is 32.2. The predicted molar refractivity (Wildman–Crippen MR) is 45.9 cm³/mol. The molecule has 66 valence electrons. The summed E-state index contributed by atoms with van der Waals surface area (Å²) in [4.78, 5) is 9.14. The summed E-state index contributed by atoms with van der Waals surface area (Å²) >= 11 is 5.30. The van der Waals surface area contributed by atoms with E-state index in [9.17, 15) is 0 Å². The van der Waals surface area contributed by atoms with Crippen LogP contribution in [0.15, 0.2) is 0 Å². The van der Waals surface area contributed by atoms with Crippen molar-refractivity contribution in [3.63, 3.8) is 0 Å². The van der Waals surface area contributed by atoms with E-state index in [-0.39, 0.29) is 6.04 Å². The maximum absolute atomic E-state index is 5.67. The van der Waals surface area contributed by atoms with Crippen molar-refractivity contribution in [2.75, 3.05) is 12.0 Å². The first kappa shape index (κ1) is 9.63. The zero-order chi connectivity index (χ0) is 8.32. The highest BCUT2D eigenvalue weighted by molar-refractivity contribution is 7.98. The fraction of sp³-hybridized carbons (Fsp3) is 1.00. The van der Waals surface area contributed by atoms with Gasteiger partial charge in [-0.05, 0) is 31.3 Å². The molecule has 0 aromatic carbocycles. The molecule has 1 heterocycles. The van der Waals surface area contributed by atoms with Crippen LogP contribution in [0.1, 0.15) is 6.42 Å². The van der Waals surface area contributed by atoms with Gasteiger partial charge >= 0.3 is 5.97 Å². The minimum atomic E-state index is -1.07. The van der Waals surface area contributed by atoms with Gasteiger partial charge in [0.05, 0.1) is 6.04 Å². The summed E-state index contributed by atoms with van der Waals surface area (Å²) in [6.45, 7) is 0. The van der Waals surface area contributed by atoms with E-state index in [1.807, 2.05) is 6.26 Å². The van der Waals surface area contributed by atoms with E-state index in [1.54, 1.807) is 11.8 Å². The molecule has 1 saturated heterocycles. The fourth-order valence-corrected chi connectivity index (χ4v) is 1.37. The van der Waals surface area contributed by atoms with Crippen molar-refractivity contribution in [1.29, 1.82) is 0 Å². The topological polar surface area (TPSA) is 60.3 Å². The van der Waals surface area contributed by atoms with Crippen molar-refractivity contribution < 1.29 is 14.0 Å². The number of hydrogen-bond acceptors (Lipinski definition) is 6. The Morgan fingerprint density at radius 2 is 2.36 bits per heavy atom. The lowest BCUT2D eigenvalue weighted by molar-refractivity contribution is 0.0564. The first-order valence-electron chi connectivity index (χ1n) is 3.19. The van der Waals surface area contributed by atoms with Gasteiger partial charge in [-0.15, -0.1) is 0 Å². The summed E-state index contributed by atoms with van der Waals surface area (Å²) in [6.07, 6.45) is 2.79. The summed E-state index contributed by atoms with van der Waals surface area (Å²) in [5, 5.41) is 0. The number of thiol groups is 1. The molecule has 0 spiro atoms. The van der Waals surface area contributed by atoms with Gasteiger partial charge in [0.25, 0.3) is 0 Å². The van der Waals surface area contributed by atoms with E-state index in [0.29, 0.717) is 0 Å². The molecule has 1 aliphatic rings. The average Bonchev–Trinajstić information content (AvgIpc) is 2.80. The van der Waals surface area contributed by atoms with Gasteiger partial charge in [0, 0.05) is 0 Å². The third kappa shape index (κ3) is 2.24. The van der Waals surface area contributed by atoms with Gasteiger partial charge in [-0.25, -0.2) is 0 Å². The van der Waals surface area contributed by atoms with Crippen molar-refractivity contribution in [1.82, 2.24) is 0 Å². The second kappa shape index (κ2) is 3.97. The summed E-state index contributed by atoms with van der Waals surface area (Å²) < 4.78 is 4.62. The molecule has 1 rings (SSSR count). The van der Waals surface area contributed by atoms with E-state index < -0.39 is 5.97 Å². The van der Waals surface area contributed by atoms with E-state index in [0.717, 1.165) is 12.2 Å². The lowest BCUT2D eigenvalue weighted by atomic mass is 10.2. The van der Waals surface area contributed by atoms with Crippen LogP contribution in [0.25, 0.3) is 0 Å². The van der Waals surface area contributed by atoms with Crippen molar-refractivity contribution in [3.8, 4) is 0 Å². The van der Waals surface area contributed by atoms with Crippen LogP contribution in [0.2, 0.25) is 0 Å². The molecule has 6 heteroatoms. The molecule has 0 unspecified atom stereocenters. The largest absolute Gasteiger partial charge is 0.365 e. The van der Waals surface area contributed by atoms with E-state index in [4.69, 9.17) is 5.73 Å². The molecule has 1 atom stereocenters. The molecule has 2 N–H and O–H groups in total. The first-order chi connectivity index (χ1) is 5.25. The summed E-state index contributed by atoms with van der Waals surface area (Å²) in [5.74, 6) is -0.119. The van der Waals surface area contributed by atoms with Crippen LogP contribution < -0.4 is 5.73 Å². The van der Waals surface area contributed by atoms with E-state index >= 15 is 0 Å². The Hall–Kier alpha value is 0.540. The van der Waals surface area contributed by atoms with Crippen molar-refractivity contribution in [2.24, 2.45) is 5.73 Å². The van der Waals surface area contributed by atoms with Gasteiger partial charge in [0.15, 0.2) is 0 Å². The molecule has 0 saturated carbocycles. The van der Waals surface area contributed by atoms with Gasteiger partial charge in [0.1, 0.15) is 0 Å². The quantitative estimate of drug-likeness (QED) is 0.291. The van der Waals surface area contributed by atoms with Crippen molar-refractivity contribution in [3.05, 3.63) is 0 Å². The SMILES string of the molecule is CSCC[C@H](N)C1(OS)OO1. The molecule has 0 radical (unpaired) electrons. The molecule has 0 aliphatic carbocycles. The van der Waals surface area contributed by atoms with Crippen LogP contribution in [0, 0.1) is 0 Å². The zero-order valence-corrected chi connectivity index (χ0v) is 7.86. The highest BCUT2D eigenvalue weighted by Gasteiger charge is 2.56. The predicted octanol–water partition coefficient (Wildman–Crippen LogP) is 0.544. The second-order valence-corrected chi connectivity index (χ2v) is 3.42. The number of hydrogen-bond donors (Lipinski definition) is 2. The third-order valence-electron chi connectivity index (χ3n) is 1.46. The van der Waals surface area contributed by atoms with Gasteiger partial charge in [-0.1, -0.05) is 0 Å². The minimum Gasteiger partial charge on any atom is -0.321 e. The Labute approximate surface area is 75.3 Å². The van der Waals surface area contributed by atoms with Crippen LogP contribution >= 0.6 is 24.7 Å². The number of thioether (sulfide) groups is 1. The average molecular weight is 197 g/mol. The molecule has 11 heavy (non-hydrogen) atoms. The normalized spacial score (nSPS) is 23.2. The number of rotatable bonds is 5. The molecular formula is C5H11NO3S2. The first-order valence-corrected chi connectivity index (χ1v) is 4.95. The van der Waals surface area contributed by atoms with Crippen molar-refractivity contribution >= 4 is 24.7 Å². The Morgan fingerprint density at radius 3 is 2.73 bits per heavy atom. The van der Waals surface area contributed by atoms with Crippen LogP contribution in [-0.2, 0) is 14.0 Å². The zero-order valence-electron chi connectivity index (χ0n) is 6.15. The molecule has 0 bridgehead atoms. The van der Waals surface area contributed by atoms with Gasteiger partial charge in [-0.2, -0.15) is 21.5 Å². The van der Waals surface area contributed by atoms with Crippen LogP contribution in [-0.4, -0.2) is 24.0 Å². The monoisotopic (exact) mass is 197 g/mol. The van der Waals surface area contributed by atoms with E-state index in [1.165, 1.54) is 0 Å². The van der Waals surface area contributed by atoms with Gasteiger partial charge in [-0.3, -0.25) is 4.18 Å². The minimum absolute atomic E-state index is 0.271. The summed E-state index contributed by atoms with van der Waals surface area (Å²) in [6, 6.07) is -0.271. The maximum Gasteiger partial charge on any atom is 0.365 e. The molecule has 1 fully saturated rings. The fourth-order valence-electron chi connectivity index (χ4n) is 0.684. The lowest BCUT2D eigenvalue weighted by Gasteiger charge is -2.11. The molecule has 4 nitrogen and oxygen atoms in total. The van der Waals surface area contributed by atoms with E-state index in [2.05, 4.69) is 26.9 Å².